The summed E-state index contributed by atoms with van der Waals surface area (Å²) in [4.78, 5) is 0. The fraction of sp³-hybridized carbons (Fsp3) is 0.733. The number of benzene rings is 1. The highest BCUT2D eigenvalue weighted by atomic mass is 19.4. The summed E-state index contributed by atoms with van der Waals surface area (Å²) in [5.41, 5.74) is 0.316. The summed E-state index contributed by atoms with van der Waals surface area (Å²) in [5.74, 6) is 1.12. The molecular weight excluding hydrogens is 436 g/mol. The van der Waals surface area contributed by atoms with E-state index in [0.717, 1.165) is 48.8 Å². The Morgan fingerprint density at radius 2 is 1.44 bits per heavy atom. The third-order valence-electron chi connectivity index (χ3n) is 8.37. The summed E-state index contributed by atoms with van der Waals surface area (Å²) in [6.07, 6.45) is 19.5. The lowest BCUT2D eigenvalue weighted by molar-refractivity contribution is -0.140. The highest BCUT2D eigenvalue weighted by molar-refractivity contribution is 5.67. The molecule has 3 rings (SSSR count). The maximum atomic E-state index is 13.6. The van der Waals surface area contributed by atoms with Crippen LogP contribution in [-0.2, 0) is 6.18 Å². The molecule has 2 aliphatic rings. The Morgan fingerprint density at radius 1 is 0.794 bits per heavy atom. The standard InChI is InChI=1S/C30H44F4/c1-2-3-4-5-6-7-8-9-10-11-23-12-14-24(15-13-23)25-16-18-26(19-17-25)27-20-21-29(31)28(22-27)30(32,33)34/h18,20-25H,2-17,19H2,1H3. The molecule has 0 saturated heterocycles. The van der Waals surface area contributed by atoms with Crippen LogP contribution in [0.1, 0.15) is 127 Å². The van der Waals surface area contributed by atoms with E-state index < -0.39 is 17.6 Å². The van der Waals surface area contributed by atoms with E-state index in [-0.39, 0.29) is 0 Å². The van der Waals surface area contributed by atoms with Crippen molar-refractivity contribution in [3.63, 3.8) is 0 Å². The van der Waals surface area contributed by atoms with Crippen molar-refractivity contribution in [1.82, 2.24) is 0 Å². The number of halogens is 4. The average molecular weight is 481 g/mol. The minimum atomic E-state index is -4.65. The van der Waals surface area contributed by atoms with Crippen molar-refractivity contribution >= 4 is 5.57 Å². The number of hydrogen-bond acceptors (Lipinski definition) is 0. The van der Waals surface area contributed by atoms with Gasteiger partial charge in [0.2, 0.25) is 0 Å². The van der Waals surface area contributed by atoms with Gasteiger partial charge in [-0.25, -0.2) is 4.39 Å². The second-order valence-electron chi connectivity index (χ2n) is 10.9. The van der Waals surface area contributed by atoms with Gasteiger partial charge in [0, 0.05) is 0 Å². The van der Waals surface area contributed by atoms with Crippen LogP contribution in [0.2, 0.25) is 0 Å². The molecule has 1 saturated carbocycles. The van der Waals surface area contributed by atoms with Crippen molar-refractivity contribution in [2.24, 2.45) is 17.8 Å². The number of unbranched alkanes of at least 4 members (excludes halogenated alkanes) is 8. The van der Waals surface area contributed by atoms with Gasteiger partial charge in [-0.3, -0.25) is 0 Å². The van der Waals surface area contributed by atoms with Crippen molar-refractivity contribution in [2.45, 2.75) is 122 Å². The molecular formula is C30H44F4. The summed E-state index contributed by atoms with van der Waals surface area (Å²) in [7, 11) is 0. The zero-order valence-electron chi connectivity index (χ0n) is 21.1. The predicted molar refractivity (Wildman–Crippen MR) is 134 cm³/mol. The van der Waals surface area contributed by atoms with Crippen molar-refractivity contribution in [1.29, 1.82) is 0 Å². The van der Waals surface area contributed by atoms with Gasteiger partial charge in [-0.1, -0.05) is 96.1 Å². The SMILES string of the molecule is CCCCCCCCCCCC1CCC(C2CC=C(c3ccc(F)c(C(F)(F)F)c3)CC2)CC1. The van der Waals surface area contributed by atoms with Crippen LogP contribution in [0.3, 0.4) is 0 Å². The normalized spacial score (nSPS) is 23.7. The van der Waals surface area contributed by atoms with Crippen LogP contribution >= 0.6 is 0 Å². The van der Waals surface area contributed by atoms with Crippen LogP contribution in [0, 0.1) is 23.6 Å². The predicted octanol–water partition coefficient (Wildman–Crippen LogP) is 10.8. The molecule has 0 heterocycles. The van der Waals surface area contributed by atoms with Gasteiger partial charge in [0.25, 0.3) is 0 Å². The molecule has 0 spiro atoms. The van der Waals surface area contributed by atoms with E-state index in [2.05, 4.69) is 13.0 Å². The molecule has 4 heteroatoms. The Kier molecular flexibility index (Phi) is 11.0. The van der Waals surface area contributed by atoms with Crippen LogP contribution in [0.5, 0.6) is 0 Å². The van der Waals surface area contributed by atoms with Crippen LogP contribution in [0.4, 0.5) is 17.6 Å². The molecule has 34 heavy (non-hydrogen) atoms. The number of hydrogen-bond donors (Lipinski definition) is 0. The summed E-state index contributed by atoms with van der Waals surface area (Å²) < 4.78 is 52.8. The molecule has 0 nitrogen and oxygen atoms in total. The quantitative estimate of drug-likeness (QED) is 0.206. The van der Waals surface area contributed by atoms with Gasteiger partial charge < -0.3 is 0 Å². The monoisotopic (exact) mass is 480 g/mol. The molecule has 0 aromatic heterocycles. The number of alkyl halides is 3. The molecule has 0 N–H and O–H groups in total. The third-order valence-corrected chi connectivity index (χ3v) is 8.37. The van der Waals surface area contributed by atoms with Crippen LogP contribution in [0.25, 0.3) is 5.57 Å². The van der Waals surface area contributed by atoms with Crippen LogP contribution in [0.15, 0.2) is 24.3 Å². The molecule has 0 radical (unpaired) electrons. The summed E-state index contributed by atoms with van der Waals surface area (Å²) in [6, 6.07) is 3.44. The largest absolute Gasteiger partial charge is 0.419 e. The lowest BCUT2D eigenvalue weighted by Crippen LogP contribution is -2.23. The highest BCUT2D eigenvalue weighted by Crippen LogP contribution is 2.43. The first-order valence-corrected chi connectivity index (χ1v) is 13.9. The third kappa shape index (κ3) is 8.41. The van der Waals surface area contributed by atoms with Crippen LogP contribution < -0.4 is 0 Å². The Hall–Kier alpha value is -1.32. The molecule has 1 aromatic carbocycles. The molecule has 2 aliphatic carbocycles. The Bertz CT molecular complexity index is 756. The van der Waals surface area contributed by atoms with Crippen molar-refractivity contribution < 1.29 is 17.6 Å². The van der Waals surface area contributed by atoms with Crippen LogP contribution in [-0.4, -0.2) is 0 Å². The zero-order chi connectivity index (χ0) is 24.4. The summed E-state index contributed by atoms with van der Waals surface area (Å²) in [5, 5.41) is 0. The van der Waals surface area contributed by atoms with Gasteiger partial charge >= 0.3 is 6.18 Å². The minimum absolute atomic E-state index is 0.525. The first-order valence-electron chi connectivity index (χ1n) is 13.9. The smallest absolute Gasteiger partial charge is 0.206 e. The fourth-order valence-corrected chi connectivity index (χ4v) is 6.18. The maximum absolute atomic E-state index is 13.6. The molecule has 1 fully saturated rings. The molecule has 0 amide bonds. The minimum Gasteiger partial charge on any atom is -0.206 e. The number of allylic oxidation sites excluding steroid dienone is 2. The topological polar surface area (TPSA) is 0 Å². The van der Waals surface area contributed by atoms with E-state index in [1.54, 1.807) is 0 Å². The second kappa shape index (κ2) is 13.7. The lowest BCUT2D eigenvalue weighted by Gasteiger charge is -2.35. The van der Waals surface area contributed by atoms with Gasteiger partial charge in [-0.2, -0.15) is 13.2 Å². The average Bonchev–Trinajstić information content (AvgIpc) is 2.83. The van der Waals surface area contributed by atoms with Gasteiger partial charge in [0.1, 0.15) is 5.82 Å². The maximum Gasteiger partial charge on any atom is 0.419 e. The zero-order valence-corrected chi connectivity index (χ0v) is 21.1. The summed E-state index contributed by atoms with van der Waals surface area (Å²) >= 11 is 0. The molecule has 0 aliphatic heterocycles. The first-order chi connectivity index (χ1) is 16.4. The Balaban J connectivity index is 1.34. The summed E-state index contributed by atoms with van der Waals surface area (Å²) in [6.45, 7) is 2.27. The Morgan fingerprint density at radius 3 is 2.03 bits per heavy atom. The molecule has 192 valence electrons. The van der Waals surface area contributed by atoms with Gasteiger partial charge in [-0.15, -0.1) is 0 Å². The van der Waals surface area contributed by atoms with E-state index in [4.69, 9.17) is 0 Å². The molecule has 1 atom stereocenters. The molecule has 1 aromatic rings. The fourth-order valence-electron chi connectivity index (χ4n) is 6.18. The van der Waals surface area contributed by atoms with Crippen molar-refractivity contribution in [3.05, 3.63) is 41.2 Å². The number of rotatable bonds is 12. The molecule has 1 unspecified atom stereocenters. The van der Waals surface area contributed by atoms with E-state index in [9.17, 15) is 17.6 Å². The highest BCUT2D eigenvalue weighted by Gasteiger charge is 2.35. The van der Waals surface area contributed by atoms with Gasteiger partial charge in [0.15, 0.2) is 0 Å². The Labute approximate surface area is 204 Å². The first kappa shape index (κ1) is 27.3. The van der Waals surface area contributed by atoms with Gasteiger partial charge in [0.05, 0.1) is 5.56 Å². The van der Waals surface area contributed by atoms with E-state index in [1.165, 1.54) is 96.0 Å². The van der Waals surface area contributed by atoms with E-state index >= 15 is 0 Å². The van der Waals surface area contributed by atoms with E-state index in [1.807, 2.05) is 0 Å². The van der Waals surface area contributed by atoms with E-state index in [0.29, 0.717) is 11.5 Å². The second-order valence-corrected chi connectivity index (χ2v) is 10.9. The van der Waals surface area contributed by atoms with Crippen molar-refractivity contribution in [3.8, 4) is 0 Å². The lowest BCUT2D eigenvalue weighted by atomic mass is 9.70. The van der Waals surface area contributed by atoms with Gasteiger partial charge in [-0.05, 0) is 73.1 Å². The molecule has 0 bridgehead atoms. The van der Waals surface area contributed by atoms with Crippen molar-refractivity contribution in [2.75, 3.05) is 0 Å².